The average Bonchev–Trinajstić information content (AvgIpc) is 2.66. The second-order valence-corrected chi connectivity index (χ2v) is 2.75. The minimum atomic E-state index is -0.562. The molecule has 0 N–H and O–H groups in total. The van der Waals surface area contributed by atoms with Crippen LogP contribution in [0.25, 0.3) is 5.65 Å². The van der Waals surface area contributed by atoms with Gasteiger partial charge in [0, 0.05) is 12.4 Å². The van der Waals surface area contributed by atoms with Gasteiger partial charge in [-0.05, 0) is 6.07 Å². The Kier molecular flexibility index (Phi) is 2.10. The van der Waals surface area contributed by atoms with Crippen molar-refractivity contribution in [2.45, 2.75) is 0 Å². The summed E-state index contributed by atoms with van der Waals surface area (Å²) in [6.45, 7) is 0. The Bertz CT molecular complexity index is 566. The molecule has 2 aromatic rings. The van der Waals surface area contributed by atoms with Gasteiger partial charge in [-0.1, -0.05) is 5.92 Å². The molecule has 0 unspecified atom stereocenters. The first-order valence-corrected chi connectivity index (χ1v) is 4.16. The minimum Gasteiger partial charge on any atom is -0.464 e. The van der Waals surface area contributed by atoms with E-state index in [1.54, 1.807) is 18.5 Å². The highest BCUT2D eigenvalue weighted by molar-refractivity contribution is 5.92. The van der Waals surface area contributed by atoms with Crippen molar-refractivity contribution in [3.63, 3.8) is 0 Å². The van der Waals surface area contributed by atoms with Crippen molar-refractivity contribution in [1.82, 2.24) is 14.6 Å². The smallest absolute Gasteiger partial charge is 0.359 e. The SMILES string of the molecule is C#Cc1c(C(=O)OC)nn2cccnc12. The number of aromatic nitrogens is 3. The van der Waals surface area contributed by atoms with Crippen LogP contribution in [-0.4, -0.2) is 27.7 Å². The first-order chi connectivity index (χ1) is 7.27. The zero-order valence-electron chi connectivity index (χ0n) is 7.97. The zero-order chi connectivity index (χ0) is 10.8. The summed E-state index contributed by atoms with van der Waals surface area (Å²) in [4.78, 5) is 15.4. The van der Waals surface area contributed by atoms with Gasteiger partial charge in [0.2, 0.25) is 0 Å². The van der Waals surface area contributed by atoms with E-state index in [1.807, 2.05) is 0 Å². The van der Waals surface area contributed by atoms with Crippen LogP contribution < -0.4 is 0 Å². The van der Waals surface area contributed by atoms with E-state index in [0.717, 1.165) is 0 Å². The molecule has 0 aromatic carbocycles. The van der Waals surface area contributed by atoms with E-state index in [1.165, 1.54) is 11.6 Å². The lowest BCUT2D eigenvalue weighted by atomic mass is 10.2. The molecule has 0 saturated carbocycles. The first kappa shape index (κ1) is 9.21. The Hall–Kier alpha value is -2.35. The maximum atomic E-state index is 11.3. The molecule has 0 radical (unpaired) electrons. The lowest BCUT2D eigenvalue weighted by Gasteiger charge is -1.92. The number of methoxy groups -OCH3 is 1. The summed E-state index contributed by atoms with van der Waals surface area (Å²) in [6.07, 6.45) is 8.55. The van der Waals surface area contributed by atoms with Crippen LogP contribution in [0.2, 0.25) is 0 Å². The highest BCUT2D eigenvalue weighted by atomic mass is 16.5. The molecule has 0 atom stereocenters. The summed E-state index contributed by atoms with van der Waals surface area (Å²) >= 11 is 0. The van der Waals surface area contributed by atoms with Crippen LogP contribution in [0, 0.1) is 12.3 Å². The molecule has 0 aliphatic heterocycles. The van der Waals surface area contributed by atoms with E-state index in [0.29, 0.717) is 11.2 Å². The van der Waals surface area contributed by atoms with E-state index in [4.69, 9.17) is 6.42 Å². The number of hydrogen-bond acceptors (Lipinski definition) is 4. The number of hydrogen-bond donors (Lipinski definition) is 0. The molecule has 2 rings (SSSR count). The maximum Gasteiger partial charge on any atom is 0.359 e. The molecule has 0 amide bonds. The van der Waals surface area contributed by atoms with Gasteiger partial charge in [-0.2, -0.15) is 5.10 Å². The molecular weight excluding hydrogens is 194 g/mol. The van der Waals surface area contributed by atoms with E-state index < -0.39 is 5.97 Å². The number of terminal acetylenes is 1. The number of esters is 1. The molecule has 0 spiro atoms. The van der Waals surface area contributed by atoms with Crippen molar-refractivity contribution in [2.75, 3.05) is 7.11 Å². The molecule has 5 nitrogen and oxygen atoms in total. The molecule has 0 aliphatic rings. The van der Waals surface area contributed by atoms with Crippen LogP contribution in [0.15, 0.2) is 18.5 Å². The lowest BCUT2D eigenvalue weighted by Crippen LogP contribution is -2.04. The topological polar surface area (TPSA) is 56.5 Å². The molecule has 5 heteroatoms. The van der Waals surface area contributed by atoms with Gasteiger partial charge in [-0.25, -0.2) is 14.3 Å². The first-order valence-electron chi connectivity index (χ1n) is 4.16. The maximum absolute atomic E-state index is 11.3. The van der Waals surface area contributed by atoms with Gasteiger partial charge in [0.1, 0.15) is 5.56 Å². The predicted molar refractivity (Wildman–Crippen MR) is 52.3 cm³/mol. The van der Waals surface area contributed by atoms with E-state index in [2.05, 4.69) is 20.7 Å². The highest BCUT2D eigenvalue weighted by Crippen LogP contribution is 2.12. The number of rotatable bonds is 1. The van der Waals surface area contributed by atoms with Crippen LogP contribution in [-0.2, 0) is 4.74 Å². The molecule has 15 heavy (non-hydrogen) atoms. The summed E-state index contributed by atoms with van der Waals surface area (Å²) in [5.74, 6) is 1.83. The van der Waals surface area contributed by atoms with Crippen LogP contribution >= 0.6 is 0 Å². The monoisotopic (exact) mass is 201 g/mol. The minimum absolute atomic E-state index is 0.110. The summed E-state index contributed by atoms with van der Waals surface area (Å²) in [5.41, 5.74) is 0.932. The van der Waals surface area contributed by atoms with Crippen LogP contribution in [0.3, 0.4) is 0 Å². The second-order valence-electron chi connectivity index (χ2n) is 2.75. The van der Waals surface area contributed by atoms with E-state index >= 15 is 0 Å². The molecule has 2 aromatic heterocycles. The molecule has 0 aliphatic carbocycles. The summed E-state index contributed by atoms with van der Waals surface area (Å²) < 4.78 is 6.02. The number of nitrogens with zero attached hydrogens (tertiary/aromatic N) is 3. The molecule has 74 valence electrons. The van der Waals surface area contributed by atoms with Gasteiger partial charge in [0.25, 0.3) is 0 Å². The Labute approximate surface area is 85.7 Å². The Morgan fingerprint density at radius 1 is 1.67 bits per heavy atom. The number of ether oxygens (including phenoxy) is 1. The van der Waals surface area contributed by atoms with Crippen molar-refractivity contribution >= 4 is 11.6 Å². The van der Waals surface area contributed by atoms with E-state index in [-0.39, 0.29) is 5.69 Å². The summed E-state index contributed by atoms with van der Waals surface area (Å²) in [6, 6.07) is 1.70. The van der Waals surface area contributed by atoms with Gasteiger partial charge >= 0.3 is 5.97 Å². The third kappa shape index (κ3) is 1.32. The Morgan fingerprint density at radius 2 is 2.47 bits per heavy atom. The summed E-state index contributed by atoms with van der Waals surface area (Å²) in [7, 11) is 1.28. The van der Waals surface area contributed by atoms with Crippen molar-refractivity contribution in [3.05, 3.63) is 29.7 Å². The molecule has 0 fully saturated rings. The van der Waals surface area contributed by atoms with Crippen molar-refractivity contribution < 1.29 is 9.53 Å². The van der Waals surface area contributed by atoms with Crippen molar-refractivity contribution in [2.24, 2.45) is 0 Å². The standard InChI is InChI=1S/C10H7N3O2/c1-3-7-8(10(14)15-2)12-13-6-4-5-11-9(7)13/h1,4-6H,2H3. The van der Waals surface area contributed by atoms with Crippen LogP contribution in [0.5, 0.6) is 0 Å². The normalized spacial score (nSPS) is 9.87. The fraction of sp³-hybridized carbons (Fsp3) is 0.100. The fourth-order valence-electron chi connectivity index (χ4n) is 1.26. The van der Waals surface area contributed by atoms with Gasteiger partial charge in [0.15, 0.2) is 11.3 Å². The number of carbonyl (C=O) groups is 1. The van der Waals surface area contributed by atoms with Crippen molar-refractivity contribution in [1.29, 1.82) is 0 Å². The van der Waals surface area contributed by atoms with Gasteiger partial charge in [-0.3, -0.25) is 0 Å². The number of fused-ring (bicyclic) bond motifs is 1. The lowest BCUT2D eigenvalue weighted by molar-refractivity contribution is 0.0593. The average molecular weight is 201 g/mol. The Balaban J connectivity index is 2.76. The third-order valence-electron chi connectivity index (χ3n) is 1.92. The van der Waals surface area contributed by atoms with Gasteiger partial charge < -0.3 is 4.74 Å². The fourth-order valence-corrected chi connectivity index (χ4v) is 1.26. The number of carbonyl (C=O) groups excluding carboxylic acids is 1. The molecule has 0 bridgehead atoms. The van der Waals surface area contributed by atoms with Gasteiger partial charge in [-0.15, -0.1) is 6.42 Å². The Morgan fingerprint density at radius 3 is 3.13 bits per heavy atom. The second kappa shape index (κ2) is 3.42. The van der Waals surface area contributed by atoms with Crippen molar-refractivity contribution in [3.8, 4) is 12.3 Å². The quantitative estimate of drug-likeness (QED) is 0.498. The molecular formula is C10H7N3O2. The largest absolute Gasteiger partial charge is 0.464 e. The zero-order valence-corrected chi connectivity index (χ0v) is 7.97. The predicted octanol–water partition coefficient (Wildman–Crippen LogP) is 0.497. The highest BCUT2D eigenvalue weighted by Gasteiger charge is 2.18. The third-order valence-corrected chi connectivity index (χ3v) is 1.92. The molecule has 0 saturated heterocycles. The van der Waals surface area contributed by atoms with E-state index in [9.17, 15) is 4.79 Å². The van der Waals surface area contributed by atoms with Crippen LogP contribution in [0.1, 0.15) is 16.1 Å². The summed E-state index contributed by atoms with van der Waals surface area (Å²) in [5, 5.41) is 3.99. The van der Waals surface area contributed by atoms with Gasteiger partial charge in [0.05, 0.1) is 7.11 Å². The van der Waals surface area contributed by atoms with Crippen LogP contribution in [0.4, 0.5) is 0 Å². The molecule has 2 heterocycles.